The molecule has 0 saturated heterocycles. The normalized spacial score (nSPS) is 10.7. The highest BCUT2D eigenvalue weighted by atomic mass is 79.9. The number of oxazole rings is 1. The number of rotatable bonds is 4. The molecule has 2 N–H and O–H groups in total. The number of carbonyl (C=O) groups excluding carboxylic acids is 1. The monoisotopic (exact) mass is 515 g/mol. The molecule has 0 atom stereocenters. The number of nitrogens with one attached hydrogen (secondary N) is 2. The third-order valence-electron chi connectivity index (χ3n) is 4.36. The van der Waals surface area contributed by atoms with Crippen molar-refractivity contribution in [2.24, 2.45) is 0 Å². The maximum atomic E-state index is 12.5. The van der Waals surface area contributed by atoms with Gasteiger partial charge in [0.1, 0.15) is 11.3 Å². The molecule has 0 aliphatic heterocycles. The Hall–Kier alpha value is -2.94. The summed E-state index contributed by atoms with van der Waals surface area (Å²) in [6.07, 6.45) is 0. The summed E-state index contributed by atoms with van der Waals surface area (Å²) in [5.74, 6) is 0.755. The van der Waals surface area contributed by atoms with E-state index < -0.39 is 5.91 Å². The molecule has 4 rings (SSSR count). The second-order valence-corrected chi connectivity index (χ2v) is 8.20. The summed E-state index contributed by atoms with van der Waals surface area (Å²) in [5, 5.41) is 6.09. The minimum absolute atomic E-state index is 0.139. The quantitative estimate of drug-likeness (QED) is 0.322. The Morgan fingerprint density at radius 1 is 1.16 bits per heavy atom. The van der Waals surface area contributed by atoms with Gasteiger partial charge in [0.2, 0.25) is 5.89 Å². The molecule has 1 amide bonds. The third kappa shape index (κ3) is 4.87. The summed E-state index contributed by atoms with van der Waals surface area (Å²) in [7, 11) is 1.60. The fourth-order valence-electron chi connectivity index (χ4n) is 2.89. The molecule has 1 aromatic heterocycles. The molecule has 0 bridgehead atoms. The van der Waals surface area contributed by atoms with E-state index in [1.807, 2.05) is 42.5 Å². The first kappa shape index (κ1) is 21.3. The fraction of sp³-hybridized carbons (Fsp3) is 0.0455. The van der Waals surface area contributed by atoms with Crippen LogP contribution in [0.25, 0.3) is 22.6 Å². The van der Waals surface area contributed by atoms with Gasteiger partial charge in [0.05, 0.1) is 17.7 Å². The first-order valence-electron chi connectivity index (χ1n) is 9.05. The molecule has 0 radical (unpaired) electrons. The molecule has 0 spiro atoms. The van der Waals surface area contributed by atoms with Gasteiger partial charge in [-0.3, -0.25) is 10.1 Å². The lowest BCUT2D eigenvalue weighted by Gasteiger charge is -2.11. The number of thiocarbonyl (C=S) groups is 1. The van der Waals surface area contributed by atoms with Crippen molar-refractivity contribution in [3.8, 4) is 17.2 Å². The van der Waals surface area contributed by atoms with Gasteiger partial charge in [-0.2, -0.15) is 0 Å². The molecule has 3 aromatic carbocycles. The van der Waals surface area contributed by atoms with Crippen LogP contribution in [0.5, 0.6) is 5.75 Å². The summed E-state index contributed by atoms with van der Waals surface area (Å²) in [4.78, 5) is 17.0. The Morgan fingerprint density at radius 3 is 2.81 bits per heavy atom. The molecular weight excluding hydrogens is 502 g/mol. The topological polar surface area (TPSA) is 76.4 Å². The summed E-state index contributed by atoms with van der Waals surface area (Å²) in [6, 6.07) is 17.8. The number of methoxy groups -OCH3 is 1. The molecule has 0 aliphatic carbocycles. The van der Waals surface area contributed by atoms with E-state index in [0.29, 0.717) is 39.0 Å². The molecule has 0 saturated carbocycles. The van der Waals surface area contributed by atoms with Crippen LogP contribution in [0.3, 0.4) is 0 Å². The lowest BCUT2D eigenvalue weighted by atomic mass is 10.2. The number of aromatic nitrogens is 1. The standard InChI is InChI=1S/C22H15BrClN3O3S/c1-29-15-6-8-19-18(11-15)26-21(30-19)12-3-2-4-14(9-12)25-22(31)27-20(28)16-10-13(23)5-7-17(16)24/h2-11H,1H3,(H2,25,27,28,31). The minimum Gasteiger partial charge on any atom is -0.497 e. The second kappa shape index (κ2) is 9.05. The number of benzene rings is 3. The van der Waals surface area contributed by atoms with Crippen LogP contribution in [0.15, 0.2) is 69.6 Å². The molecule has 0 fully saturated rings. The van der Waals surface area contributed by atoms with Gasteiger partial charge in [-0.15, -0.1) is 0 Å². The van der Waals surface area contributed by atoms with Crippen LogP contribution in [-0.2, 0) is 0 Å². The molecule has 0 aliphatic rings. The van der Waals surface area contributed by atoms with E-state index in [-0.39, 0.29) is 5.11 Å². The lowest BCUT2D eigenvalue weighted by Crippen LogP contribution is -2.34. The smallest absolute Gasteiger partial charge is 0.258 e. The van der Waals surface area contributed by atoms with Crippen LogP contribution in [0, 0.1) is 0 Å². The molecule has 156 valence electrons. The van der Waals surface area contributed by atoms with Crippen molar-refractivity contribution in [2.75, 3.05) is 12.4 Å². The Morgan fingerprint density at radius 2 is 2.00 bits per heavy atom. The SMILES string of the molecule is COc1ccc2oc(-c3cccc(NC(=S)NC(=O)c4cc(Br)ccc4Cl)c3)nc2c1. The number of halogens is 2. The summed E-state index contributed by atoms with van der Waals surface area (Å²) in [6.45, 7) is 0. The number of hydrogen-bond donors (Lipinski definition) is 2. The number of anilines is 1. The molecule has 31 heavy (non-hydrogen) atoms. The number of nitrogens with zero attached hydrogens (tertiary/aromatic N) is 1. The predicted molar refractivity (Wildman–Crippen MR) is 129 cm³/mol. The van der Waals surface area contributed by atoms with Gasteiger partial charge in [0, 0.05) is 21.8 Å². The predicted octanol–water partition coefficient (Wildman–Crippen LogP) is 6.05. The lowest BCUT2D eigenvalue weighted by molar-refractivity contribution is 0.0978. The third-order valence-corrected chi connectivity index (χ3v) is 5.39. The molecule has 0 unspecified atom stereocenters. The van der Waals surface area contributed by atoms with Gasteiger partial charge in [-0.05, 0) is 60.7 Å². The van der Waals surface area contributed by atoms with E-state index in [2.05, 4.69) is 31.5 Å². The molecule has 9 heteroatoms. The molecule has 1 heterocycles. The number of amides is 1. The largest absolute Gasteiger partial charge is 0.497 e. The average Bonchev–Trinajstić information content (AvgIpc) is 3.18. The molecule has 6 nitrogen and oxygen atoms in total. The zero-order valence-electron chi connectivity index (χ0n) is 16.1. The maximum absolute atomic E-state index is 12.5. The zero-order chi connectivity index (χ0) is 22.0. The van der Waals surface area contributed by atoms with Crippen molar-refractivity contribution in [3.05, 3.63) is 75.7 Å². The van der Waals surface area contributed by atoms with Gasteiger partial charge < -0.3 is 14.5 Å². The minimum atomic E-state index is -0.409. The Balaban J connectivity index is 1.50. The van der Waals surface area contributed by atoms with Crippen molar-refractivity contribution >= 4 is 67.6 Å². The summed E-state index contributed by atoms with van der Waals surface area (Å²) < 4.78 is 11.8. The van der Waals surface area contributed by atoms with Crippen molar-refractivity contribution in [1.29, 1.82) is 0 Å². The Kier molecular flexibility index (Phi) is 6.22. The van der Waals surface area contributed by atoms with Gasteiger partial charge in [0.25, 0.3) is 5.91 Å². The van der Waals surface area contributed by atoms with E-state index in [0.717, 1.165) is 10.0 Å². The average molecular weight is 517 g/mol. The number of fused-ring (bicyclic) bond motifs is 1. The highest BCUT2D eigenvalue weighted by Gasteiger charge is 2.14. The van der Waals surface area contributed by atoms with Crippen molar-refractivity contribution < 1.29 is 13.9 Å². The van der Waals surface area contributed by atoms with Gasteiger partial charge in [-0.25, -0.2) is 4.98 Å². The van der Waals surface area contributed by atoms with Crippen LogP contribution in [-0.4, -0.2) is 23.1 Å². The fourth-order valence-corrected chi connectivity index (χ4v) is 3.67. The Labute approximate surface area is 196 Å². The van der Waals surface area contributed by atoms with Crippen LogP contribution in [0.4, 0.5) is 5.69 Å². The number of carbonyl (C=O) groups is 1. The zero-order valence-corrected chi connectivity index (χ0v) is 19.3. The van der Waals surface area contributed by atoms with E-state index in [1.54, 1.807) is 25.3 Å². The van der Waals surface area contributed by atoms with Gasteiger partial charge >= 0.3 is 0 Å². The van der Waals surface area contributed by atoms with Gasteiger partial charge in [0.15, 0.2) is 10.7 Å². The van der Waals surface area contributed by atoms with Crippen LogP contribution in [0.2, 0.25) is 5.02 Å². The maximum Gasteiger partial charge on any atom is 0.258 e. The molecular formula is C22H15BrClN3O3S. The van der Waals surface area contributed by atoms with E-state index in [4.69, 9.17) is 33.0 Å². The highest BCUT2D eigenvalue weighted by molar-refractivity contribution is 9.10. The number of hydrogen-bond acceptors (Lipinski definition) is 5. The number of ether oxygens (including phenoxy) is 1. The highest BCUT2D eigenvalue weighted by Crippen LogP contribution is 2.28. The summed E-state index contributed by atoms with van der Waals surface area (Å²) in [5.41, 5.74) is 3.09. The van der Waals surface area contributed by atoms with Gasteiger partial charge in [-0.1, -0.05) is 33.6 Å². The van der Waals surface area contributed by atoms with Crippen LogP contribution >= 0.6 is 39.7 Å². The first-order valence-corrected chi connectivity index (χ1v) is 10.6. The Bertz CT molecular complexity index is 1310. The van der Waals surface area contributed by atoms with Crippen LogP contribution in [0.1, 0.15) is 10.4 Å². The molecule has 4 aromatic rings. The van der Waals surface area contributed by atoms with Crippen molar-refractivity contribution in [2.45, 2.75) is 0 Å². The second-order valence-electron chi connectivity index (χ2n) is 6.47. The van der Waals surface area contributed by atoms with Crippen LogP contribution < -0.4 is 15.4 Å². The first-order chi connectivity index (χ1) is 14.9. The van der Waals surface area contributed by atoms with E-state index in [1.165, 1.54) is 0 Å². The van der Waals surface area contributed by atoms with Crippen molar-refractivity contribution in [3.63, 3.8) is 0 Å². The van der Waals surface area contributed by atoms with E-state index in [9.17, 15) is 4.79 Å². The summed E-state index contributed by atoms with van der Waals surface area (Å²) >= 11 is 14.7. The van der Waals surface area contributed by atoms with Crippen molar-refractivity contribution in [1.82, 2.24) is 10.3 Å². The van der Waals surface area contributed by atoms with E-state index >= 15 is 0 Å².